The SMILES string of the molecule is COc1cc(OC)c2c(c1)[C@@H](CO)NC(=O)[C@H]1NC(=O)[C@H](NC(=O)[C@@H]3NC(=O)[C@H]4NC(=O)[C@H](NC(=O)[C@@H](NC(=O)OC(C)(C)C)c5ccc(OC)c(c5)Oc5cc4cc(OC)c5C)[C@H](O[Si](C)(C)C(C)(C)C)c4ccc(cc4)Oc4cc3cc(c4OC)Oc3ccc(cc3)[C@H]1O[Si](C)(C)C(C)(C)C)c1ccc(OC)c-2c1. The van der Waals surface area contributed by atoms with Crippen molar-refractivity contribution in [2.24, 2.45) is 0 Å². The Balaban J connectivity index is 1.20. The predicted octanol–water partition coefficient (Wildman–Crippen LogP) is 12.8. The molecule has 8 N–H and O–H groups in total. The molecule has 0 aromatic heterocycles. The summed E-state index contributed by atoms with van der Waals surface area (Å²) in [7, 11) is 2.41. The number of alkyl carbamates (subject to hydrolysis) is 1. The van der Waals surface area contributed by atoms with Crippen molar-refractivity contribution in [2.75, 3.05) is 49.3 Å². The number of carbonyl (C=O) groups is 7. The summed E-state index contributed by atoms with van der Waals surface area (Å²) >= 11 is 0. The predicted molar refractivity (Wildman–Crippen MR) is 417 cm³/mol. The zero-order valence-corrected chi connectivity index (χ0v) is 68.2. The lowest BCUT2D eigenvalue weighted by Gasteiger charge is -2.42. The normalized spacial score (nSPS) is 20.9. The van der Waals surface area contributed by atoms with Crippen LogP contribution < -0.4 is 79.8 Å². The maximum absolute atomic E-state index is 16.8. The average Bonchev–Trinajstić information content (AvgIpc) is 0.761. The van der Waals surface area contributed by atoms with Crippen LogP contribution in [0.3, 0.4) is 0 Å². The van der Waals surface area contributed by atoms with Crippen LogP contribution in [-0.2, 0) is 42.4 Å². The summed E-state index contributed by atoms with van der Waals surface area (Å²) in [6.45, 7) is 26.0. The van der Waals surface area contributed by atoms with E-state index in [9.17, 15) is 9.90 Å². The number of amides is 7. The molecule has 6 aliphatic rings. The van der Waals surface area contributed by atoms with E-state index in [0.29, 0.717) is 33.6 Å². The minimum absolute atomic E-state index is 0.00326. The number of hydrogen-bond acceptors (Lipinski definition) is 20. The number of fused-ring (bicyclic) bond motifs is 14. The third-order valence-electron chi connectivity index (χ3n) is 21.1. The van der Waals surface area contributed by atoms with Gasteiger partial charge < -0.3 is 98.5 Å². The van der Waals surface area contributed by atoms with Gasteiger partial charge in [0, 0.05) is 22.8 Å². The molecule has 17 bridgehead atoms. The Kier molecular flexibility index (Phi) is 23.3. The lowest BCUT2D eigenvalue weighted by Crippen LogP contribution is -2.57. The van der Waals surface area contributed by atoms with Crippen LogP contribution in [0.25, 0.3) is 11.1 Å². The van der Waals surface area contributed by atoms with Crippen LogP contribution >= 0.6 is 0 Å². The highest BCUT2D eigenvalue weighted by atomic mass is 28.4. The van der Waals surface area contributed by atoms with Crippen molar-refractivity contribution in [3.05, 3.63) is 166 Å². The molecule has 0 fully saturated rings. The summed E-state index contributed by atoms with van der Waals surface area (Å²) in [5, 5.41) is 31.2. The molecule has 111 heavy (non-hydrogen) atoms. The van der Waals surface area contributed by atoms with E-state index in [0.717, 1.165) is 0 Å². The summed E-state index contributed by atoms with van der Waals surface area (Å²) in [6, 6.07) is 19.7. The number of aliphatic hydroxyl groups is 1. The standard InChI is InChI=1S/C82H99N7O20Si2/c1-42-57(101-14)35-47-36-58(42)106-59-34-46(26-32-56(59)100-13)65(89-79(97)107-80(2,3)4)74(92)88-69-71(109-111(19,20)82(8,9)10)44-23-29-50(30-24-44)105-62-38-48-37-61(72(62)103-16)104-49-27-21-43(22-28-49)70(108-110(17,18)81(5,6)7)68-77(95)83-54(41-90)52-39-51(98-11)40-60(102-15)63(52)53-33-45(25-31-55(53)99-12)64(73(91)87-68)84-75(93)67(48)85-76(94)66(47)86-78(69)96/h21-40,54,64-71,90H,41H2,1-20H3,(H,83,95)(H,84,93)(H,85,94)(H,86,96)(H,87,91)(H,88,92)(H,89,97)/t54-,64-,65+,66+,67-,68+,69-,70-,71-/m1/s1. The molecule has 13 rings (SSSR count). The highest BCUT2D eigenvalue weighted by molar-refractivity contribution is 6.74. The van der Waals surface area contributed by atoms with Gasteiger partial charge in [0.1, 0.15) is 82.1 Å². The third-order valence-corrected chi connectivity index (χ3v) is 30.0. The van der Waals surface area contributed by atoms with Gasteiger partial charge in [-0.15, -0.1) is 0 Å². The molecule has 27 nitrogen and oxygen atoms in total. The van der Waals surface area contributed by atoms with E-state index in [1.165, 1.54) is 79.1 Å². The first-order chi connectivity index (χ1) is 52.3. The Morgan fingerprint density at radius 3 is 1.40 bits per heavy atom. The molecule has 7 aromatic carbocycles. The largest absolute Gasteiger partial charge is 0.497 e. The van der Waals surface area contributed by atoms with Crippen molar-refractivity contribution in [3.63, 3.8) is 0 Å². The molecule has 6 aliphatic heterocycles. The molecule has 0 saturated carbocycles. The fourth-order valence-corrected chi connectivity index (χ4v) is 15.6. The zero-order chi connectivity index (χ0) is 80.7. The molecule has 0 saturated heterocycles. The molecule has 0 aliphatic carbocycles. The molecule has 7 aromatic rings. The molecular weight excluding hydrogens is 1460 g/mol. The maximum Gasteiger partial charge on any atom is 0.408 e. The van der Waals surface area contributed by atoms with E-state index in [1.807, 2.05) is 67.7 Å². The van der Waals surface area contributed by atoms with Crippen LogP contribution in [0.2, 0.25) is 36.3 Å². The van der Waals surface area contributed by atoms with Crippen molar-refractivity contribution in [2.45, 2.75) is 166 Å². The Morgan fingerprint density at radius 1 is 0.450 bits per heavy atom. The first-order valence-corrected chi connectivity index (χ1v) is 42.2. The van der Waals surface area contributed by atoms with E-state index in [1.54, 1.807) is 113 Å². The molecule has 0 spiro atoms. The van der Waals surface area contributed by atoms with Gasteiger partial charge >= 0.3 is 6.09 Å². The monoisotopic (exact) mass is 1560 g/mol. The van der Waals surface area contributed by atoms with Crippen molar-refractivity contribution >= 4 is 58.2 Å². The number of methoxy groups -OCH3 is 6. The van der Waals surface area contributed by atoms with E-state index in [4.69, 9.17) is 56.2 Å². The van der Waals surface area contributed by atoms with E-state index in [-0.39, 0.29) is 91.1 Å². The second-order valence-electron chi connectivity index (χ2n) is 31.7. The molecular formula is C82H99N7O20Si2. The fraction of sp³-hybridized carbons (Fsp3) is 0.402. The number of benzene rings is 7. The number of ether oxygens (including phenoxy) is 10. The molecule has 590 valence electrons. The second kappa shape index (κ2) is 31.9. The summed E-state index contributed by atoms with van der Waals surface area (Å²) in [5.74, 6) is -4.44. The third kappa shape index (κ3) is 17.1. The van der Waals surface area contributed by atoms with E-state index < -0.39 is 135 Å². The minimum Gasteiger partial charge on any atom is -0.497 e. The van der Waals surface area contributed by atoms with Gasteiger partial charge in [-0.2, -0.15) is 0 Å². The Morgan fingerprint density at radius 2 is 0.901 bits per heavy atom. The number of nitrogens with one attached hydrogen (secondary N) is 7. The van der Waals surface area contributed by atoms with Gasteiger partial charge in [-0.05, 0) is 182 Å². The smallest absolute Gasteiger partial charge is 0.408 e. The highest BCUT2D eigenvalue weighted by Crippen LogP contribution is 2.50. The van der Waals surface area contributed by atoms with Gasteiger partial charge in [0.05, 0.1) is 67.5 Å². The summed E-state index contributed by atoms with van der Waals surface area (Å²) in [5.41, 5.74) is 1.23. The fourth-order valence-electron chi connectivity index (χ4n) is 13.1. The zero-order valence-electron chi connectivity index (χ0n) is 66.2. The summed E-state index contributed by atoms with van der Waals surface area (Å²) in [6.07, 6.45) is -3.69. The maximum atomic E-state index is 16.8. The second-order valence-corrected chi connectivity index (χ2v) is 41.2. The number of carbonyl (C=O) groups excluding carboxylic acids is 7. The molecule has 9 atom stereocenters. The summed E-state index contributed by atoms with van der Waals surface area (Å²) < 4.78 is 77.0. The van der Waals surface area contributed by atoms with E-state index in [2.05, 4.69) is 37.2 Å². The Bertz CT molecular complexity index is 4740. The minimum atomic E-state index is -3.10. The first kappa shape index (κ1) is 81.1. The van der Waals surface area contributed by atoms with Gasteiger partial charge in [-0.25, -0.2) is 4.79 Å². The molecule has 7 amide bonds. The molecule has 6 heterocycles. The summed E-state index contributed by atoms with van der Waals surface area (Å²) in [4.78, 5) is 112. The van der Waals surface area contributed by atoms with Gasteiger partial charge in [0.25, 0.3) is 0 Å². The Hall–Kier alpha value is -10.9. The Labute approximate surface area is 647 Å². The number of rotatable bonds is 12. The number of aliphatic hydroxyl groups excluding tert-OH is 1. The van der Waals surface area contributed by atoms with Crippen LogP contribution in [0.15, 0.2) is 121 Å². The van der Waals surface area contributed by atoms with Crippen molar-refractivity contribution in [3.8, 4) is 80.1 Å². The quantitative estimate of drug-likeness (QED) is 0.0527. The molecule has 0 radical (unpaired) electrons. The van der Waals surface area contributed by atoms with Crippen LogP contribution in [0.4, 0.5) is 4.79 Å². The van der Waals surface area contributed by atoms with Crippen LogP contribution in [0.1, 0.15) is 149 Å². The van der Waals surface area contributed by atoms with Gasteiger partial charge in [0.15, 0.2) is 39.6 Å². The first-order valence-electron chi connectivity index (χ1n) is 36.4. The van der Waals surface area contributed by atoms with Gasteiger partial charge in [-0.1, -0.05) is 77.9 Å². The lowest BCUT2D eigenvalue weighted by atomic mass is 9.89. The molecule has 0 unspecified atom stereocenters. The van der Waals surface area contributed by atoms with Crippen molar-refractivity contribution in [1.29, 1.82) is 0 Å². The van der Waals surface area contributed by atoms with Crippen LogP contribution in [0, 0.1) is 6.92 Å². The van der Waals surface area contributed by atoms with Gasteiger partial charge in [0.2, 0.25) is 41.2 Å². The van der Waals surface area contributed by atoms with Gasteiger partial charge in [-0.3, -0.25) is 28.8 Å². The van der Waals surface area contributed by atoms with E-state index >= 15 is 28.8 Å². The van der Waals surface area contributed by atoms with Crippen molar-refractivity contribution < 1.29 is 94.9 Å². The topological polar surface area (TPSA) is 335 Å². The lowest BCUT2D eigenvalue weighted by molar-refractivity contribution is -0.137. The molecule has 29 heteroatoms. The van der Waals surface area contributed by atoms with Crippen LogP contribution in [-0.4, -0.2) is 130 Å². The average molecular weight is 1560 g/mol. The van der Waals surface area contributed by atoms with Crippen molar-refractivity contribution in [1.82, 2.24) is 37.2 Å². The highest BCUT2D eigenvalue weighted by Gasteiger charge is 2.48. The van der Waals surface area contributed by atoms with Crippen LogP contribution in [0.5, 0.6) is 69.0 Å². The number of hydrogen-bond donors (Lipinski definition) is 8.